The van der Waals surface area contributed by atoms with E-state index in [1.165, 1.54) is 12.1 Å². The molecule has 0 bridgehead atoms. The fourth-order valence-corrected chi connectivity index (χ4v) is 3.14. The second kappa shape index (κ2) is 10.3. The fourth-order valence-electron chi connectivity index (χ4n) is 2.63. The first-order valence-corrected chi connectivity index (χ1v) is 9.68. The van der Waals surface area contributed by atoms with Crippen molar-refractivity contribution in [2.75, 3.05) is 32.8 Å². The molecule has 2 aromatic rings. The van der Waals surface area contributed by atoms with Crippen LogP contribution in [0.15, 0.2) is 52.0 Å². The number of hydrogen-bond acceptors (Lipinski definition) is 5. The molecular formula is C20H21BrFN3O3. The molecule has 1 fully saturated rings. The Kier molecular flexibility index (Phi) is 7.53. The molecule has 0 saturated carbocycles. The van der Waals surface area contributed by atoms with Crippen LogP contribution < -0.4 is 10.2 Å². The molecule has 0 atom stereocenters. The van der Waals surface area contributed by atoms with Gasteiger partial charge in [0.25, 0.3) is 5.91 Å². The third-order valence-corrected chi connectivity index (χ3v) is 4.76. The first kappa shape index (κ1) is 20.4. The van der Waals surface area contributed by atoms with Crippen molar-refractivity contribution in [1.29, 1.82) is 0 Å². The maximum atomic E-state index is 12.9. The largest absolute Gasteiger partial charge is 0.488 e. The fraction of sp³-hybridized carbons (Fsp3) is 0.300. The Hall–Kier alpha value is -2.29. The van der Waals surface area contributed by atoms with Crippen molar-refractivity contribution >= 4 is 28.1 Å². The van der Waals surface area contributed by atoms with E-state index in [-0.39, 0.29) is 11.7 Å². The summed E-state index contributed by atoms with van der Waals surface area (Å²) in [4.78, 5) is 13.9. The molecule has 0 spiro atoms. The molecule has 0 aromatic heterocycles. The summed E-state index contributed by atoms with van der Waals surface area (Å²) in [6.07, 6.45) is 1.58. The molecule has 0 aliphatic carbocycles. The molecule has 1 heterocycles. The zero-order valence-electron chi connectivity index (χ0n) is 15.2. The van der Waals surface area contributed by atoms with Gasteiger partial charge in [-0.25, -0.2) is 9.82 Å². The summed E-state index contributed by atoms with van der Waals surface area (Å²) in [5, 5.41) is 4.00. The number of halogens is 2. The predicted octanol–water partition coefficient (Wildman–Crippen LogP) is 2.95. The summed E-state index contributed by atoms with van der Waals surface area (Å²) in [6, 6.07) is 11.7. The van der Waals surface area contributed by atoms with E-state index in [1.54, 1.807) is 18.3 Å². The normalized spacial score (nSPS) is 14.9. The molecule has 0 radical (unpaired) electrons. The number of nitrogens with zero attached hydrogens (tertiary/aromatic N) is 2. The van der Waals surface area contributed by atoms with Crippen molar-refractivity contribution in [3.8, 4) is 5.75 Å². The van der Waals surface area contributed by atoms with Gasteiger partial charge in [-0.05, 0) is 57.4 Å². The first-order chi connectivity index (χ1) is 13.6. The number of benzene rings is 2. The molecule has 148 valence electrons. The van der Waals surface area contributed by atoms with Crippen molar-refractivity contribution in [3.63, 3.8) is 0 Å². The number of hydrogen-bond donors (Lipinski definition) is 1. The van der Waals surface area contributed by atoms with Gasteiger partial charge in [0.1, 0.15) is 18.2 Å². The lowest BCUT2D eigenvalue weighted by atomic mass is 10.2. The SMILES string of the molecule is O=C(CN1CCOCC1)N/N=C/c1ccc(OCc2ccc(F)cc2)c(Br)c1. The topological polar surface area (TPSA) is 63.2 Å². The lowest BCUT2D eigenvalue weighted by molar-refractivity contribution is -0.123. The van der Waals surface area contributed by atoms with Crippen LogP contribution in [0, 0.1) is 5.82 Å². The molecule has 2 aromatic carbocycles. The Morgan fingerprint density at radius 3 is 2.71 bits per heavy atom. The summed E-state index contributed by atoms with van der Waals surface area (Å²) in [7, 11) is 0. The van der Waals surface area contributed by atoms with Crippen LogP contribution in [0.1, 0.15) is 11.1 Å². The summed E-state index contributed by atoms with van der Waals surface area (Å²) >= 11 is 3.47. The second-order valence-electron chi connectivity index (χ2n) is 6.29. The number of carbonyl (C=O) groups excluding carboxylic acids is 1. The molecule has 1 aliphatic heterocycles. The van der Waals surface area contributed by atoms with Crippen molar-refractivity contribution in [2.24, 2.45) is 5.10 Å². The quantitative estimate of drug-likeness (QED) is 0.521. The minimum absolute atomic E-state index is 0.156. The highest BCUT2D eigenvalue weighted by atomic mass is 79.9. The van der Waals surface area contributed by atoms with E-state index in [0.29, 0.717) is 32.1 Å². The van der Waals surface area contributed by atoms with Crippen molar-refractivity contribution in [3.05, 3.63) is 63.9 Å². The number of hydrazone groups is 1. The first-order valence-electron chi connectivity index (χ1n) is 8.89. The maximum absolute atomic E-state index is 12.9. The van der Waals surface area contributed by atoms with Crippen molar-refractivity contribution in [2.45, 2.75) is 6.61 Å². The number of rotatable bonds is 7. The molecule has 8 heteroatoms. The third-order valence-electron chi connectivity index (χ3n) is 4.14. The number of morpholine rings is 1. The van der Waals surface area contributed by atoms with Crippen LogP contribution in [-0.4, -0.2) is 49.9 Å². The van der Waals surface area contributed by atoms with Crippen LogP contribution in [0.4, 0.5) is 4.39 Å². The van der Waals surface area contributed by atoms with Gasteiger partial charge in [0, 0.05) is 13.1 Å². The number of carbonyl (C=O) groups is 1. The summed E-state index contributed by atoms with van der Waals surface area (Å²) < 4.78 is 24.7. The minimum atomic E-state index is -0.273. The van der Waals surface area contributed by atoms with Gasteiger partial charge < -0.3 is 9.47 Å². The molecule has 1 aliphatic rings. The molecule has 1 N–H and O–H groups in total. The van der Waals surface area contributed by atoms with Gasteiger partial charge in [0.2, 0.25) is 0 Å². The zero-order valence-corrected chi connectivity index (χ0v) is 16.8. The highest BCUT2D eigenvalue weighted by Crippen LogP contribution is 2.26. The monoisotopic (exact) mass is 449 g/mol. The lowest BCUT2D eigenvalue weighted by Gasteiger charge is -2.25. The van der Waals surface area contributed by atoms with E-state index in [4.69, 9.17) is 9.47 Å². The van der Waals surface area contributed by atoms with Gasteiger partial charge in [-0.15, -0.1) is 0 Å². The highest BCUT2D eigenvalue weighted by molar-refractivity contribution is 9.10. The van der Waals surface area contributed by atoms with E-state index in [2.05, 4.69) is 26.5 Å². The van der Waals surface area contributed by atoms with Gasteiger partial charge in [0.15, 0.2) is 0 Å². The van der Waals surface area contributed by atoms with Crippen LogP contribution in [0.5, 0.6) is 5.75 Å². The standard InChI is InChI=1S/C20H21BrFN3O3/c21-18-11-16(12-23-24-20(26)13-25-7-9-27-10-8-25)3-6-19(18)28-14-15-1-4-17(22)5-2-15/h1-6,11-12H,7-10,13-14H2,(H,24,26)/b23-12+. The van der Waals surface area contributed by atoms with Crippen molar-refractivity contribution < 1.29 is 18.7 Å². The Morgan fingerprint density at radius 1 is 1.25 bits per heavy atom. The maximum Gasteiger partial charge on any atom is 0.254 e. The minimum Gasteiger partial charge on any atom is -0.488 e. The number of ether oxygens (including phenoxy) is 2. The average Bonchev–Trinajstić information content (AvgIpc) is 2.69. The Balaban J connectivity index is 1.48. The predicted molar refractivity (Wildman–Crippen MR) is 108 cm³/mol. The summed E-state index contributed by atoms with van der Waals surface area (Å²) in [5.41, 5.74) is 4.22. The van der Waals surface area contributed by atoms with Crippen LogP contribution in [0.25, 0.3) is 0 Å². The van der Waals surface area contributed by atoms with E-state index >= 15 is 0 Å². The van der Waals surface area contributed by atoms with E-state index in [0.717, 1.165) is 28.7 Å². The Labute approximate surface area is 171 Å². The molecule has 6 nitrogen and oxygen atoms in total. The Morgan fingerprint density at radius 2 is 2.00 bits per heavy atom. The van der Waals surface area contributed by atoms with Gasteiger partial charge >= 0.3 is 0 Å². The van der Waals surface area contributed by atoms with E-state index in [1.807, 2.05) is 23.1 Å². The lowest BCUT2D eigenvalue weighted by Crippen LogP contribution is -2.42. The summed E-state index contributed by atoms with van der Waals surface area (Å²) in [6.45, 7) is 3.46. The molecular weight excluding hydrogens is 429 g/mol. The van der Waals surface area contributed by atoms with Crippen LogP contribution in [-0.2, 0) is 16.1 Å². The molecule has 1 amide bonds. The van der Waals surface area contributed by atoms with E-state index < -0.39 is 0 Å². The average molecular weight is 450 g/mol. The molecule has 1 saturated heterocycles. The van der Waals surface area contributed by atoms with Gasteiger partial charge in [0.05, 0.1) is 30.4 Å². The second-order valence-corrected chi connectivity index (χ2v) is 7.14. The van der Waals surface area contributed by atoms with Gasteiger partial charge in [-0.1, -0.05) is 12.1 Å². The van der Waals surface area contributed by atoms with E-state index in [9.17, 15) is 9.18 Å². The number of nitrogens with one attached hydrogen (secondary N) is 1. The van der Waals surface area contributed by atoms with Gasteiger partial charge in [-0.3, -0.25) is 9.69 Å². The molecule has 3 rings (SSSR count). The van der Waals surface area contributed by atoms with Crippen LogP contribution >= 0.6 is 15.9 Å². The zero-order chi connectivity index (χ0) is 19.8. The smallest absolute Gasteiger partial charge is 0.254 e. The van der Waals surface area contributed by atoms with Crippen LogP contribution in [0.3, 0.4) is 0 Å². The summed E-state index contributed by atoms with van der Waals surface area (Å²) in [5.74, 6) is 0.236. The van der Waals surface area contributed by atoms with Crippen LogP contribution in [0.2, 0.25) is 0 Å². The highest BCUT2D eigenvalue weighted by Gasteiger charge is 2.13. The molecule has 28 heavy (non-hydrogen) atoms. The number of amides is 1. The van der Waals surface area contributed by atoms with Gasteiger partial charge in [-0.2, -0.15) is 5.10 Å². The van der Waals surface area contributed by atoms with Crippen molar-refractivity contribution in [1.82, 2.24) is 10.3 Å². The third kappa shape index (κ3) is 6.40. The molecule has 0 unspecified atom stereocenters. The Bertz CT molecular complexity index is 824.